The number of aryl methyl sites for hydroxylation is 3. The first-order chi connectivity index (χ1) is 13.4. The average Bonchev–Trinajstić information content (AvgIpc) is 2.69. The van der Waals surface area contributed by atoms with Crippen LogP contribution in [0.3, 0.4) is 0 Å². The summed E-state index contributed by atoms with van der Waals surface area (Å²) in [6, 6.07) is 21.5. The molecule has 1 atom stereocenters. The number of carboxylic acids is 1. The van der Waals surface area contributed by atoms with E-state index in [9.17, 15) is 13.6 Å². The Morgan fingerprint density at radius 2 is 1.50 bits per heavy atom. The maximum atomic E-state index is 11.7. The second kappa shape index (κ2) is 8.82. The summed E-state index contributed by atoms with van der Waals surface area (Å²) in [7, 11) is 0. The van der Waals surface area contributed by atoms with Crippen LogP contribution in [-0.2, 0) is 24.1 Å². The molecule has 6 heteroatoms. The maximum absolute atomic E-state index is 11.7. The number of rotatable bonds is 7. The van der Waals surface area contributed by atoms with Gasteiger partial charge in [-0.15, -0.1) is 0 Å². The summed E-state index contributed by atoms with van der Waals surface area (Å²) in [5.74, 6) is -0.937. The molecule has 3 aromatic rings. The summed E-state index contributed by atoms with van der Waals surface area (Å²) in [5.41, 5.74) is 4.48. The molecule has 3 aromatic carbocycles. The molecular formula is C22H20NO4S-. The van der Waals surface area contributed by atoms with Crippen LogP contribution >= 0.6 is 0 Å². The molecule has 0 amide bonds. The zero-order chi connectivity index (χ0) is 20.1. The molecule has 0 spiro atoms. The lowest BCUT2D eigenvalue weighted by Crippen LogP contribution is -2.19. The largest absolute Gasteiger partial charge is 0.755 e. The van der Waals surface area contributed by atoms with Crippen molar-refractivity contribution in [2.75, 3.05) is 4.31 Å². The maximum Gasteiger partial charge on any atom is 0.335 e. The van der Waals surface area contributed by atoms with E-state index in [1.807, 2.05) is 37.3 Å². The van der Waals surface area contributed by atoms with E-state index in [0.717, 1.165) is 23.1 Å². The first kappa shape index (κ1) is 19.8. The van der Waals surface area contributed by atoms with Gasteiger partial charge in [0, 0.05) is 0 Å². The quantitative estimate of drug-likeness (QED) is 0.602. The molecule has 0 aliphatic rings. The van der Waals surface area contributed by atoms with Gasteiger partial charge in [0.1, 0.15) is 0 Å². The van der Waals surface area contributed by atoms with Gasteiger partial charge in [0.15, 0.2) is 0 Å². The molecule has 0 aliphatic heterocycles. The average molecular weight is 394 g/mol. The molecule has 0 fully saturated rings. The Morgan fingerprint density at radius 1 is 0.929 bits per heavy atom. The van der Waals surface area contributed by atoms with Crippen LogP contribution in [0, 0.1) is 6.92 Å². The van der Waals surface area contributed by atoms with E-state index in [1.165, 1.54) is 4.31 Å². The van der Waals surface area contributed by atoms with Crippen molar-refractivity contribution in [3.63, 3.8) is 0 Å². The number of hydrogen-bond donors (Lipinski definition) is 1. The summed E-state index contributed by atoms with van der Waals surface area (Å²) in [5, 5.41) is 9.08. The van der Waals surface area contributed by atoms with E-state index in [1.54, 1.807) is 42.5 Å². The zero-order valence-corrected chi connectivity index (χ0v) is 16.2. The van der Waals surface area contributed by atoms with Crippen molar-refractivity contribution < 1.29 is 18.7 Å². The van der Waals surface area contributed by atoms with Crippen molar-refractivity contribution >= 4 is 28.6 Å². The lowest BCUT2D eigenvalue weighted by molar-refractivity contribution is 0.0696. The summed E-state index contributed by atoms with van der Waals surface area (Å²) in [6.07, 6.45) is 1.43. The van der Waals surface area contributed by atoms with Crippen molar-refractivity contribution in [3.8, 4) is 0 Å². The molecule has 28 heavy (non-hydrogen) atoms. The third-order valence-corrected chi connectivity index (χ3v) is 5.18. The Labute approximate surface area is 166 Å². The minimum Gasteiger partial charge on any atom is -0.755 e. The third-order valence-electron chi connectivity index (χ3n) is 4.46. The Kier molecular flexibility index (Phi) is 6.23. The molecule has 3 rings (SSSR count). The highest BCUT2D eigenvalue weighted by molar-refractivity contribution is 7.81. The second-order valence-corrected chi connectivity index (χ2v) is 7.32. The van der Waals surface area contributed by atoms with Crippen LogP contribution in [0.5, 0.6) is 0 Å². The fourth-order valence-electron chi connectivity index (χ4n) is 2.95. The summed E-state index contributed by atoms with van der Waals surface area (Å²) in [4.78, 5) is 11.1. The van der Waals surface area contributed by atoms with Gasteiger partial charge in [-0.25, -0.2) is 4.79 Å². The van der Waals surface area contributed by atoms with Crippen molar-refractivity contribution in [1.29, 1.82) is 0 Å². The van der Waals surface area contributed by atoms with E-state index in [2.05, 4.69) is 0 Å². The van der Waals surface area contributed by atoms with Crippen LogP contribution in [-0.4, -0.2) is 19.8 Å². The van der Waals surface area contributed by atoms with Gasteiger partial charge in [-0.2, -0.15) is 0 Å². The molecule has 0 bridgehead atoms. The normalized spacial score (nSPS) is 11.8. The molecule has 1 unspecified atom stereocenters. The predicted octanol–water partition coefficient (Wildman–Crippen LogP) is 4.41. The second-order valence-electron chi connectivity index (χ2n) is 6.52. The number of carbonyl (C=O) groups is 1. The highest BCUT2D eigenvalue weighted by Gasteiger charge is 2.10. The SMILES string of the molecule is Cc1ccc(N(c2ccc(CCc3cccc(C(=O)O)c3)cc2)S(=O)[O-])cc1. The lowest BCUT2D eigenvalue weighted by atomic mass is 10.0. The highest BCUT2D eigenvalue weighted by atomic mass is 32.2. The van der Waals surface area contributed by atoms with E-state index >= 15 is 0 Å². The van der Waals surface area contributed by atoms with E-state index in [4.69, 9.17) is 5.11 Å². The third kappa shape index (κ3) is 4.85. The topological polar surface area (TPSA) is 80.7 Å². The van der Waals surface area contributed by atoms with Gasteiger partial charge in [0.05, 0.1) is 28.2 Å². The first-order valence-electron chi connectivity index (χ1n) is 8.81. The van der Waals surface area contributed by atoms with E-state index in [-0.39, 0.29) is 5.56 Å². The highest BCUT2D eigenvalue weighted by Crippen LogP contribution is 2.27. The lowest BCUT2D eigenvalue weighted by Gasteiger charge is -2.26. The van der Waals surface area contributed by atoms with Gasteiger partial charge in [-0.3, -0.25) is 8.51 Å². The van der Waals surface area contributed by atoms with E-state index < -0.39 is 17.2 Å². The first-order valence-corrected chi connectivity index (χ1v) is 9.84. The number of anilines is 2. The van der Waals surface area contributed by atoms with Gasteiger partial charge in [0.25, 0.3) is 0 Å². The molecule has 0 aromatic heterocycles. The number of carboxylic acid groups (broad SMARTS) is 1. The summed E-state index contributed by atoms with van der Waals surface area (Å²) >= 11 is -2.43. The molecule has 0 saturated carbocycles. The van der Waals surface area contributed by atoms with Gasteiger partial charge in [0.2, 0.25) is 0 Å². The molecule has 1 N–H and O–H groups in total. The van der Waals surface area contributed by atoms with Crippen molar-refractivity contribution in [1.82, 2.24) is 0 Å². The van der Waals surface area contributed by atoms with Crippen LogP contribution in [0.25, 0.3) is 0 Å². The van der Waals surface area contributed by atoms with Gasteiger partial charge in [-0.05, 0) is 67.3 Å². The number of nitrogens with zero attached hydrogens (tertiary/aromatic N) is 1. The monoisotopic (exact) mass is 394 g/mol. The minimum atomic E-state index is -2.43. The molecule has 0 radical (unpaired) electrons. The van der Waals surface area contributed by atoms with Gasteiger partial charge >= 0.3 is 5.97 Å². The fraction of sp³-hybridized carbons (Fsp3) is 0.136. The van der Waals surface area contributed by atoms with Crippen molar-refractivity contribution in [2.24, 2.45) is 0 Å². The fourth-order valence-corrected chi connectivity index (χ4v) is 3.54. The van der Waals surface area contributed by atoms with Crippen molar-refractivity contribution in [2.45, 2.75) is 19.8 Å². The van der Waals surface area contributed by atoms with Crippen LogP contribution in [0.2, 0.25) is 0 Å². The van der Waals surface area contributed by atoms with Crippen molar-refractivity contribution in [3.05, 3.63) is 95.1 Å². The van der Waals surface area contributed by atoms with Crippen LogP contribution < -0.4 is 4.31 Å². The van der Waals surface area contributed by atoms with E-state index in [0.29, 0.717) is 17.8 Å². The molecule has 0 heterocycles. The Bertz CT molecular complexity index is 984. The number of benzene rings is 3. The Hall–Kier alpha value is -2.96. The Balaban J connectivity index is 1.73. The molecule has 5 nitrogen and oxygen atoms in total. The van der Waals surface area contributed by atoms with Crippen LogP contribution in [0.15, 0.2) is 72.8 Å². The standard InChI is InChI=1S/C22H21NO4S/c1-16-5-11-20(12-6-16)23(28(26)27)21-13-9-17(10-14-21)7-8-18-3-2-4-19(15-18)22(24)25/h2-6,9-15H,7-8H2,1H3,(H,24,25)(H,26,27)/p-1. The molecule has 0 aliphatic carbocycles. The van der Waals surface area contributed by atoms with Crippen LogP contribution in [0.4, 0.5) is 11.4 Å². The predicted molar refractivity (Wildman–Crippen MR) is 109 cm³/mol. The van der Waals surface area contributed by atoms with Gasteiger partial charge < -0.3 is 9.66 Å². The smallest absolute Gasteiger partial charge is 0.335 e. The minimum absolute atomic E-state index is 0.277. The summed E-state index contributed by atoms with van der Waals surface area (Å²) < 4.78 is 24.7. The van der Waals surface area contributed by atoms with Crippen LogP contribution in [0.1, 0.15) is 27.0 Å². The molecular weight excluding hydrogens is 374 g/mol. The molecule has 0 saturated heterocycles. The number of aromatic carboxylic acids is 1. The molecule has 144 valence electrons. The number of hydrogen-bond acceptors (Lipinski definition) is 3. The summed E-state index contributed by atoms with van der Waals surface area (Å²) in [6.45, 7) is 1.95. The zero-order valence-electron chi connectivity index (χ0n) is 15.4. The Morgan fingerprint density at radius 3 is 2.07 bits per heavy atom. The van der Waals surface area contributed by atoms with Gasteiger partial charge in [-0.1, -0.05) is 42.0 Å².